The number of carbonyl (C=O) groups is 1. The van der Waals surface area contributed by atoms with E-state index in [4.69, 9.17) is 11.6 Å². The van der Waals surface area contributed by atoms with Gasteiger partial charge in [0.2, 0.25) is 5.91 Å². The minimum Gasteiger partial charge on any atom is -0.337 e. The first-order valence-corrected chi connectivity index (χ1v) is 6.03. The standard InChI is InChI=1S/C13H16ClNO/c1-9-4-3-5-11-6-7-15(8-12(9)11)13(16)10(2)14/h3-5,10H,6-8H2,1-2H3. The Kier molecular flexibility index (Phi) is 3.20. The smallest absolute Gasteiger partial charge is 0.240 e. The molecule has 0 N–H and O–H groups in total. The van der Waals surface area contributed by atoms with Gasteiger partial charge in [-0.25, -0.2) is 0 Å². The number of hydrogen-bond donors (Lipinski definition) is 0. The Bertz CT molecular complexity index is 414. The number of halogens is 1. The highest BCUT2D eigenvalue weighted by molar-refractivity contribution is 6.30. The van der Waals surface area contributed by atoms with Crippen molar-refractivity contribution >= 4 is 17.5 Å². The van der Waals surface area contributed by atoms with Crippen LogP contribution in [0.3, 0.4) is 0 Å². The third-order valence-corrected chi connectivity index (χ3v) is 3.35. The Hall–Kier alpha value is -1.02. The summed E-state index contributed by atoms with van der Waals surface area (Å²) in [6, 6.07) is 6.32. The van der Waals surface area contributed by atoms with Crippen LogP contribution in [0.2, 0.25) is 0 Å². The number of carbonyl (C=O) groups excluding carboxylic acids is 1. The fourth-order valence-corrected chi connectivity index (χ4v) is 2.33. The molecule has 2 nitrogen and oxygen atoms in total. The second kappa shape index (κ2) is 4.46. The zero-order valence-electron chi connectivity index (χ0n) is 9.66. The molecule has 1 unspecified atom stereocenters. The fourth-order valence-electron chi connectivity index (χ4n) is 2.19. The number of aryl methyl sites for hydroxylation is 1. The molecule has 0 saturated carbocycles. The van der Waals surface area contributed by atoms with E-state index in [-0.39, 0.29) is 5.91 Å². The lowest BCUT2D eigenvalue weighted by Gasteiger charge is -2.30. The van der Waals surface area contributed by atoms with Crippen molar-refractivity contribution < 1.29 is 4.79 Å². The molecule has 0 bridgehead atoms. The number of amides is 1. The van der Waals surface area contributed by atoms with Gasteiger partial charge in [0.15, 0.2) is 0 Å². The fraction of sp³-hybridized carbons (Fsp3) is 0.462. The molecule has 1 amide bonds. The Balaban J connectivity index is 2.23. The van der Waals surface area contributed by atoms with Crippen LogP contribution in [0.5, 0.6) is 0 Å². The summed E-state index contributed by atoms with van der Waals surface area (Å²) in [5.74, 6) is 0.0376. The Morgan fingerprint density at radius 2 is 2.25 bits per heavy atom. The van der Waals surface area contributed by atoms with E-state index >= 15 is 0 Å². The molecule has 2 rings (SSSR count). The monoisotopic (exact) mass is 237 g/mol. The Morgan fingerprint density at radius 3 is 2.94 bits per heavy atom. The van der Waals surface area contributed by atoms with Crippen molar-refractivity contribution in [1.29, 1.82) is 0 Å². The lowest BCUT2D eigenvalue weighted by atomic mass is 9.95. The minimum absolute atomic E-state index is 0.0376. The number of fused-ring (bicyclic) bond motifs is 1. The van der Waals surface area contributed by atoms with Crippen LogP contribution in [0.1, 0.15) is 23.6 Å². The van der Waals surface area contributed by atoms with Crippen molar-refractivity contribution in [3.8, 4) is 0 Å². The SMILES string of the molecule is Cc1cccc2c1CN(C(=O)C(C)Cl)CC2. The van der Waals surface area contributed by atoms with E-state index < -0.39 is 5.38 Å². The number of hydrogen-bond acceptors (Lipinski definition) is 1. The molecule has 1 aromatic rings. The van der Waals surface area contributed by atoms with Crippen molar-refractivity contribution in [2.45, 2.75) is 32.2 Å². The maximum absolute atomic E-state index is 11.8. The van der Waals surface area contributed by atoms with Crippen molar-refractivity contribution in [2.24, 2.45) is 0 Å². The summed E-state index contributed by atoms with van der Waals surface area (Å²) >= 11 is 5.84. The van der Waals surface area contributed by atoms with Crippen molar-refractivity contribution in [3.63, 3.8) is 0 Å². The van der Waals surface area contributed by atoms with Crippen LogP contribution in [0, 0.1) is 6.92 Å². The average Bonchev–Trinajstić information content (AvgIpc) is 2.28. The van der Waals surface area contributed by atoms with Crippen molar-refractivity contribution in [1.82, 2.24) is 4.90 Å². The zero-order valence-corrected chi connectivity index (χ0v) is 10.4. The third kappa shape index (κ3) is 2.07. The summed E-state index contributed by atoms with van der Waals surface area (Å²) in [6.45, 7) is 5.32. The van der Waals surface area contributed by atoms with Gasteiger partial charge in [0.05, 0.1) is 0 Å². The van der Waals surface area contributed by atoms with Gasteiger partial charge in [0, 0.05) is 13.1 Å². The highest BCUT2D eigenvalue weighted by Gasteiger charge is 2.23. The molecule has 1 heterocycles. The average molecular weight is 238 g/mol. The van der Waals surface area contributed by atoms with Crippen LogP contribution in [-0.2, 0) is 17.8 Å². The summed E-state index contributed by atoms with van der Waals surface area (Å²) < 4.78 is 0. The van der Waals surface area contributed by atoms with Crippen LogP contribution in [0.25, 0.3) is 0 Å². The van der Waals surface area contributed by atoms with E-state index in [1.54, 1.807) is 6.92 Å². The molecule has 0 aliphatic carbocycles. The van der Waals surface area contributed by atoms with Gasteiger partial charge in [-0.3, -0.25) is 4.79 Å². The Labute approximate surface area is 101 Å². The number of benzene rings is 1. The van der Waals surface area contributed by atoms with E-state index in [9.17, 15) is 4.79 Å². The van der Waals surface area contributed by atoms with Crippen LogP contribution in [0.4, 0.5) is 0 Å². The van der Waals surface area contributed by atoms with Gasteiger partial charge in [-0.1, -0.05) is 18.2 Å². The lowest BCUT2D eigenvalue weighted by Crippen LogP contribution is -2.39. The number of nitrogens with zero attached hydrogens (tertiary/aromatic N) is 1. The van der Waals surface area contributed by atoms with Gasteiger partial charge >= 0.3 is 0 Å². The van der Waals surface area contributed by atoms with Gasteiger partial charge in [0.25, 0.3) is 0 Å². The van der Waals surface area contributed by atoms with Crippen molar-refractivity contribution in [2.75, 3.05) is 6.54 Å². The molecule has 1 aromatic carbocycles. The molecule has 0 fully saturated rings. The molecule has 86 valence electrons. The number of rotatable bonds is 1. The predicted molar refractivity (Wildman–Crippen MR) is 65.6 cm³/mol. The molecule has 0 spiro atoms. The normalized spacial score (nSPS) is 16.8. The minimum atomic E-state index is -0.425. The molecule has 0 saturated heterocycles. The highest BCUT2D eigenvalue weighted by atomic mass is 35.5. The van der Waals surface area contributed by atoms with Crippen LogP contribution >= 0.6 is 11.6 Å². The summed E-state index contributed by atoms with van der Waals surface area (Å²) in [7, 11) is 0. The molecule has 0 aromatic heterocycles. The Morgan fingerprint density at radius 1 is 1.50 bits per heavy atom. The molecule has 16 heavy (non-hydrogen) atoms. The predicted octanol–water partition coefficient (Wildman–Crippen LogP) is 2.51. The van der Waals surface area contributed by atoms with Gasteiger partial charge in [-0.05, 0) is 37.0 Å². The van der Waals surface area contributed by atoms with E-state index in [0.717, 1.165) is 13.0 Å². The van der Waals surface area contributed by atoms with Crippen LogP contribution in [-0.4, -0.2) is 22.7 Å². The van der Waals surface area contributed by atoms with Gasteiger partial charge < -0.3 is 4.90 Å². The summed E-state index contributed by atoms with van der Waals surface area (Å²) in [5, 5.41) is -0.425. The molecule has 1 aliphatic heterocycles. The quantitative estimate of drug-likeness (QED) is 0.688. The topological polar surface area (TPSA) is 20.3 Å². The van der Waals surface area contributed by atoms with Crippen molar-refractivity contribution in [3.05, 3.63) is 34.9 Å². The first kappa shape index (κ1) is 11.5. The van der Waals surface area contributed by atoms with Crippen LogP contribution in [0.15, 0.2) is 18.2 Å². The van der Waals surface area contributed by atoms with E-state index in [2.05, 4.69) is 25.1 Å². The first-order chi connectivity index (χ1) is 7.59. The third-order valence-electron chi connectivity index (χ3n) is 3.16. The van der Waals surface area contributed by atoms with Gasteiger partial charge in [-0.15, -0.1) is 11.6 Å². The molecular weight excluding hydrogens is 222 g/mol. The van der Waals surface area contributed by atoms with Crippen LogP contribution < -0.4 is 0 Å². The molecule has 1 aliphatic rings. The second-order valence-corrected chi connectivity index (χ2v) is 4.99. The lowest BCUT2D eigenvalue weighted by molar-refractivity contribution is -0.131. The highest BCUT2D eigenvalue weighted by Crippen LogP contribution is 2.22. The van der Waals surface area contributed by atoms with E-state index in [0.29, 0.717) is 6.54 Å². The number of alkyl halides is 1. The van der Waals surface area contributed by atoms with Gasteiger partial charge in [0.1, 0.15) is 5.38 Å². The maximum Gasteiger partial charge on any atom is 0.240 e. The first-order valence-electron chi connectivity index (χ1n) is 5.60. The van der Waals surface area contributed by atoms with E-state index in [1.165, 1.54) is 16.7 Å². The summed E-state index contributed by atoms with van der Waals surface area (Å²) in [5.41, 5.74) is 3.92. The summed E-state index contributed by atoms with van der Waals surface area (Å²) in [4.78, 5) is 13.7. The largest absolute Gasteiger partial charge is 0.337 e. The zero-order chi connectivity index (χ0) is 11.7. The molecular formula is C13H16ClNO. The molecule has 0 radical (unpaired) electrons. The maximum atomic E-state index is 11.8. The molecule has 1 atom stereocenters. The summed E-state index contributed by atoms with van der Waals surface area (Å²) in [6.07, 6.45) is 0.937. The molecule has 3 heteroatoms. The second-order valence-electron chi connectivity index (χ2n) is 4.34. The van der Waals surface area contributed by atoms with Gasteiger partial charge in [-0.2, -0.15) is 0 Å². The van der Waals surface area contributed by atoms with E-state index in [1.807, 2.05) is 4.90 Å².